The topological polar surface area (TPSA) is 136 Å². The molecule has 8 heteroatoms. The van der Waals surface area contributed by atoms with Crippen LogP contribution in [0, 0.1) is 22.7 Å². The van der Waals surface area contributed by atoms with Crippen LogP contribution < -0.4 is 16.0 Å². The fraction of sp³-hybridized carbons (Fsp3) is 0.0714. The molecule has 0 aliphatic rings. The van der Waals surface area contributed by atoms with E-state index in [0.29, 0.717) is 0 Å². The second-order valence-electron chi connectivity index (χ2n) is 4.20. The van der Waals surface area contributed by atoms with Crippen molar-refractivity contribution in [3.63, 3.8) is 0 Å². The fourth-order valence-electron chi connectivity index (χ4n) is 2.05. The lowest BCUT2D eigenvalue weighted by Crippen LogP contribution is -2.16. The summed E-state index contributed by atoms with van der Waals surface area (Å²) in [6.07, 6.45) is 0. The number of nitrogens with two attached hydrogens (primary N) is 1. The number of hydrogen-bond acceptors (Lipinski definition) is 6. The fourth-order valence-corrected chi connectivity index (χ4v) is 2.38. The van der Waals surface area contributed by atoms with Crippen molar-refractivity contribution in [1.29, 1.82) is 10.5 Å². The molecule has 0 bridgehead atoms. The molecule has 110 valence electrons. The van der Waals surface area contributed by atoms with Crippen LogP contribution in [0.15, 0.2) is 16.9 Å². The molecule has 1 heterocycles. The zero-order valence-electron chi connectivity index (χ0n) is 11.3. The Hall–Kier alpha value is -3.16. The highest BCUT2D eigenvalue weighted by Gasteiger charge is 2.22. The van der Waals surface area contributed by atoms with Crippen molar-refractivity contribution < 1.29 is 9.84 Å². The Morgan fingerprint density at radius 2 is 1.95 bits per heavy atom. The first-order valence-corrected chi connectivity index (χ1v) is 6.25. The van der Waals surface area contributed by atoms with Crippen LogP contribution in [0.25, 0.3) is 11.1 Å². The molecule has 0 aliphatic carbocycles. The molecule has 1 aromatic carbocycles. The number of aromatic amines is 1. The number of phenols is 1. The molecular weight excluding hydrogens is 308 g/mol. The number of phenolic OH excluding ortho intramolecular Hbond substituents is 1. The summed E-state index contributed by atoms with van der Waals surface area (Å²) in [5.41, 5.74) is 4.67. The molecular formula is C14H9ClN4O3. The van der Waals surface area contributed by atoms with Gasteiger partial charge in [0.25, 0.3) is 5.56 Å². The molecule has 0 saturated carbocycles. The smallest absolute Gasteiger partial charge is 0.268 e. The van der Waals surface area contributed by atoms with Gasteiger partial charge in [-0.25, -0.2) is 0 Å². The van der Waals surface area contributed by atoms with Gasteiger partial charge in [0.05, 0.1) is 12.1 Å². The van der Waals surface area contributed by atoms with E-state index in [1.165, 1.54) is 19.2 Å². The zero-order chi connectivity index (χ0) is 16.4. The van der Waals surface area contributed by atoms with Crippen LogP contribution in [-0.2, 0) is 0 Å². The number of nitrogen functional groups attached to an aromatic ring is 1. The molecule has 4 N–H and O–H groups in total. The Morgan fingerprint density at radius 1 is 1.32 bits per heavy atom. The summed E-state index contributed by atoms with van der Waals surface area (Å²) in [5.74, 6) is -0.429. The van der Waals surface area contributed by atoms with E-state index in [1.54, 1.807) is 6.07 Å². The Morgan fingerprint density at radius 3 is 2.50 bits per heavy atom. The van der Waals surface area contributed by atoms with E-state index >= 15 is 0 Å². The van der Waals surface area contributed by atoms with Gasteiger partial charge in [0, 0.05) is 11.1 Å². The number of nitrogens with one attached hydrogen (secondary N) is 1. The summed E-state index contributed by atoms with van der Waals surface area (Å²) < 4.78 is 4.98. The summed E-state index contributed by atoms with van der Waals surface area (Å²) >= 11 is 6.15. The quantitative estimate of drug-likeness (QED) is 0.771. The maximum atomic E-state index is 11.9. The minimum absolute atomic E-state index is 0.00505. The number of benzene rings is 1. The number of rotatable bonds is 2. The third-order valence-corrected chi connectivity index (χ3v) is 3.39. The van der Waals surface area contributed by atoms with Gasteiger partial charge in [-0.1, -0.05) is 11.6 Å². The van der Waals surface area contributed by atoms with Gasteiger partial charge >= 0.3 is 0 Å². The monoisotopic (exact) mass is 316 g/mol. The molecule has 0 unspecified atom stereocenters. The minimum Gasteiger partial charge on any atom is -0.504 e. The van der Waals surface area contributed by atoms with E-state index < -0.39 is 5.56 Å². The number of aromatic nitrogens is 1. The Balaban J connectivity index is 2.99. The second-order valence-corrected chi connectivity index (χ2v) is 4.57. The van der Waals surface area contributed by atoms with E-state index in [0.717, 1.165) is 0 Å². The maximum absolute atomic E-state index is 11.9. The minimum atomic E-state index is -0.739. The summed E-state index contributed by atoms with van der Waals surface area (Å²) in [7, 11) is 1.30. The highest BCUT2D eigenvalue weighted by Crippen LogP contribution is 2.43. The van der Waals surface area contributed by atoms with E-state index in [1.807, 2.05) is 6.07 Å². The number of aromatic hydroxyl groups is 1. The summed E-state index contributed by atoms with van der Waals surface area (Å²) in [6.45, 7) is 0. The van der Waals surface area contributed by atoms with Gasteiger partial charge < -0.3 is 20.6 Å². The standard InChI is InChI=1S/C14H9ClN4O3/c1-22-12-9(20)3-2-6(11(12)15)10-7(4-16)13(18)19-14(21)8(10)5-17/h2-3,20H,1H3,(H3,18,19,21). The zero-order valence-corrected chi connectivity index (χ0v) is 12.0. The van der Waals surface area contributed by atoms with Crippen LogP contribution in [0.4, 0.5) is 5.82 Å². The number of nitriles is 2. The lowest BCUT2D eigenvalue weighted by Gasteiger charge is -2.13. The van der Waals surface area contributed by atoms with Gasteiger partial charge in [0.1, 0.15) is 29.1 Å². The number of H-pyrrole nitrogens is 1. The van der Waals surface area contributed by atoms with Gasteiger partial charge in [-0.15, -0.1) is 0 Å². The van der Waals surface area contributed by atoms with Crippen molar-refractivity contribution >= 4 is 17.4 Å². The normalized spacial score (nSPS) is 9.82. The van der Waals surface area contributed by atoms with E-state index in [4.69, 9.17) is 22.1 Å². The van der Waals surface area contributed by atoms with E-state index in [-0.39, 0.29) is 44.6 Å². The molecule has 1 aromatic heterocycles. The molecule has 22 heavy (non-hydrogen) atoms. The Kier molecular flexibility index (Phi) is 3.93. The first-order valence-electron chi connectivity index (χ1n) is 5.88. The number of hydrogen-bond donors (Lipinski definition) is 3. The predicted octanol–water partition coefficient (Wildman–Crippen LogP) is 1.74. The maximum Gasteiger partial charge on any atom is 0.268 e. The summed E-state index contributed by atoms with van der Waals surface area (Å²) in [4.78, 5) is 14.1. The highest BCUT2D eigenvalue weighted by atomic mass is 35.5. The van der Waals surface area contributed by atoms with E-state index in [9.17, 15) is 20.4 Å². The van der Waals surface area contributed by atoms with Crippen molar-refractivity contribution in [3.8, 4) is 34.8 Å². The van der Waals surface area contributed by atoms with Crippen LogP contribution in [-0.4, -0.2) is 17.2 Å². The third kappa shape index (κ3) is 2.20. The molecule has 0 fully saturated rings. The van der Waals surface area contributed by atoms with Crippen LogP contribution >= 0.6 is 11.6 Å². The van der Waals surface area contributed by atoms with Crippen molar-refractivity contribution in [2.45, 2.75) is 0 Å². The number of halogens is 1. The van der Waals surface area contributed by atoms with Crippen molar-refractivity contribution in [3.05, 3.63) is 38.6 Å². The number of methoxy groups -OCH3 is 1. The van der Waals surface area contributed by atoms with Crippen molar-refractivity contribution in [2.75, 3.05) is 12.8 Å². The first-order chi connectivity index (χ1) is 10.5. The number of anilines is 1. The lowest BCUT2D eigenvalue weighted by atomic mass is 9.96. The molecule has 2 aromatic rings. The number of ether oxygens (including phenoxy) is 1. The number of nitrogens with zero attached hydrogens (tertiary/aromatic N) is 2. The molecule has 2 rings (SSSR count). The summed E-state index contributed by atoms with van der Waals surface area (Å²) in [6, 6.07) is 6.22. The highest BCUT2D eigenvalue weighted by molar-refractivity contribution is 6.35. The van der Waals surface area contributed by atoms with Crippen LogP contribution in [0.2, 0.25) is 5.02 Å². The van der Waals surface area contributed by atoms with Gasteiger partial charge in [-0.3, -0.25) is 4.79 Å². The van der Waals surface area contributed by atoms with Gasteiger partial charge in [0.15, 0.2) is 11.5 Å². The van der Waals surface area contributed by atoms with Crippen molar-refractivity contribution in [1.82, 2.24) is 4.98 Å². The average molecular weight is 317 g/mol. The van der Waals surface area contributed by atoms with Crippen LogP contribution in [0.1, 0.15) is 11.1 Å². The van der Waals surface area contributed by atoms with Crippen molar-refractivity contribution in [2.24, 2.45) is 0 Å². The largest absolute Gasteiger partial charge is 0.504 e. The average Bonchev–Trinajstić information content (AvgIpc) is 2.47. The molecule has 7 nitrogen and oxygen atoms in total. The molecule has 0 radical (unpaired) electrons. The Labute approximate surface area is 129 Å². The van der Waals surface area contributed by atoms with Gasteiger partial charge in [-0.2, -0.15) is 10.5 Å². The molecule has 0 amide bonds. The van der Waals surface area contributed by atoms with Gasteiger partial charge in [-0.05, 0) is 12.1 Å². The Bertz CT molecular complexity index is 906. The second kappa shape index (κ2) is 5.68. The van der Waals surface area contributed by atoms with Gasteiger partial charge in [0.2, 0.25) is 0 Å². The molecule has 0 spiro atoms. The number of pyridine rings is 1. The molecule has 0 saturated heterocycles. The van der Waals surface area contributed by atoms with E-state index in [2.05, 4.69) is 4.98 Å². The first kappa shape index (κ1) is 15.2. The lowest BCUT2D eigenvalue weighted by molar-refractivity contribution is 0.374. The SMILES string of the molecule is COc1c(O)ccc(-c2c(C#N)c(N)[nH]c(=O)c2C#N)c1Cl. The summed E-state index contributed by atoms with van der Waals surface area (Å²) in [5, 5.41) is 28.1. The van der Waals surface area contributed by atoms with Crippen LogP contribution in [0.3, 0.4) is 0 Å². The third-order valence-electron chi connectivity index (χ3n) is 3.02. The molecule has 0 aliphatic heterocycles. The molecule has 0 atom stereocenters. The van der Waals surface area contributed by atoms with Crippen LogP contribution in [0.5, 0.6) is 11.5 Å². The predicted molar refractivity (Wildman–Crippen MR) is 79.6 cm³/mol.